The highest BCUT2D eigenvalue weighted by molar-refractivity contribution is 5.39. The van der Waals surface area contributed by atoms with Gasteiger partial charge in [0.05, 0.1) is 6.04 Å². The minimum absolute atomic E-state index is 0.291. The van der Waals surface area contributed by atoms with Crippen LogP contribution >= 0.6 is 0 Å². The van der Waals surface area contributed by atoms with Crippen molar-refractivity contribution >= 4 is 0 Å². The number of aryl methyl sites for hydroxylation is 3. The predicted molar refractivity (Wildman–Crippen MR) is 81.9 cm³/mol. The first kappa shape index (κ1) is 14.5. The molecule has 0 aromatic heterocycles. The van der Waals surface area contributed by atoms with Crippen LogP contribution in [-0.2, 0) is 0 Å². The Morgan fingerprint density at radius 1 is 1.11 bits per heavy atom. The zero-order valence-electron chi connectivity index (χ0n) is 12.8. The number of nitrogens with two attached hydrogens (primary N) is 1. The van der Waals surface area contributed by atoms with Gasteiger partial charge in [-0.3, -0.25) is 11.3 Å². The van der Waals surface area contributed by atoms with Crippen LogP contribution in [0.15, 0.2) is 12.1 Å². The van der Waals surface area contributed by atoms with E-state index in [1.54, 1.807) is 0 Å². The van der Waals surface area contributed by atoms with Gasteiger partial charge in [-0.2, -0.15) is 0 Å². The molecule has 0 amide bonds. The van der Waals surface area contributed by atoms with E-state index in [-0.39, 0.29) is 0 Å². The summed E-state index contributed by atoms with van der Waals surface area (Å²) in [7, 11) is 0. The molecular weight excluding hydrogens is 232 g/mol. The predicted octanol–water partition coefficient (Wildman–Crippen LogP) is 4.09. The molecule has 0 aliphatic heterocycles. The molecule has 2 rings (SSSR count). The molecule has 0 saturated heterocycles. The van der Waals surface area contributed by atoms with Gasteiger partial charge in [-0.05, 0) is 67.7 Å². The molecule has 3 N–H and O–H groups in total. The number of benzene rings is 1. The summed E-state index contributed by atoms with van der Waals surface area (Å²) in [4.78, 5) is 0. The highest BCUT2D eigenvalue weighted by atomic mass is 15.2. The number of hydrazine groups is 1. The van der Waals surface area contributed by atoms with Crippen LogP contribution in [0.25, 0.3) is 0 Å². The molecule has 2 heteroatoms. The van der Waals surface area contributed by atoms with Crippen molar-refractivity contribution in [2.24, 2.45) is 11.3 Å². The van der Waals surface area contributed by atoms with Gasteiger partial charge in [-0.1, -0.05) is 31.9 Å². The molecule has 0 radical (unpaired) electrons. The van der Waals surface area contributed by atoms with Crippen molar-refractivity contribution in [3.05, 3.63) is 34.4 Å². The Hall–Kier alpha value is -0.860. The molecular formula is C17H28N2. The average Bonchev–Trinajstić information content (AvgIpc) is 2.86. The first-order chi connectivity index (χ1) is 9.04. The summed E-state index contributed by atoms with van der Waals surface area (Å²) in [5, 5.41) is 0. The van der Waals surface area contributed by atoms with Gasteiger partial charge < -0.3 is 0 Å². The highest BCUT2D eigenvalue weighted by Crippen LogP contribution is 2.50. The molecule has 1 saturated carbocycles. The fourth-order valence-corrected chi connectivity index (χ4v) is 3.82. The van der Waals surface area contributed by atoms with Crippen LogP contribution in [0.2, 0.25) is 0 Å². The number of nitrogens with one attached hydrogen (secondary N) is 1. The Bertz CT molecular complexity index is 445. The van der Waals surface area contributed by atoms with E-state index in [1.165, 1.54) is 54.4 Å². The standard InChI is InChI=1S/C17H28N2/c1-5-17(8-6-7-9-17)16(19-18)15-11-13(3)12(2)10-14(15)4/h10-11,16,19H,5-9,18H2,1-4H3. The molecule has 1 aliphatic carbocycles. The Morgan fingerprint density at radius 2 is 1.68 bits per heavy atom. The Morgan fingerprint density at radius 3 is 2.21 bits per heavy atom. The topological polar surface area (TPSA) is 38.0 Å². The normalized spacial score (nSPS) is 19.6. The molecule has 0 heterocycles. The molecule has 19 heavy (non-hydrogen) atoms. The van der Waals surface area contributed by atoms with Crippen molar-refractivity contribution in [3.8, 4) is 0 Å². The Kier molecular flexibility index (Phi) is 4.32. The van der Waals surface area contributed by atoms with Crippen LogP contribution < -0.4 is 11.3 Å². The van der Waals surface area contributed by atoms with Crippen molar-refractivity contribution in [1.29, 1.82) is 0 Å². The first-order valence-corrected chi connectivity index (χ1v) is 7.58. The van der Waals surface area contributed by atoms with Crippen LogP contribution in [-0.4, -0.2) is 0 Å². The fraction of sp³-hybridized carbons (Fsp3) is 0.647. The Labute approximate surface area is 117 Å². The van der Waals surface area contributed by atoms with E-state index in [4.69, 9.17) is 5.84 Å². The van der Waals surface area contributed by atoms with Crippen LogP contribution in [0, 0.1) is 26.2 Å². The van der Waals surface area contributed by atoms with Crippen molar-refractivity contribution in [1.82, 2.24) is 5.43 Å². The minimum Gasteiger partial charge on any atom is -0.271 e. The lowest BCUT2D eigenvalue weighted by Crippen LogP contribution is -2.40. The third-order valence-corrected chi connectivity index (χ3v) is 5.28. The summed E-state index contributed by atoms with van der Waals surface area (Å²) in [6, 6.07) is 4.93. The maximum absolute atomic E-state index is 5.95. The smallest absolute Gasteiger partial charge is 0.0518 e. The number of hydrogen-bond acceptors (Lipinski definition) is 2. The van der Waals surface area contributed by atoms with Crippen LogP contribution in [0.3, 0.4) is 0 Å². The summed E-state index contributed by atoms with van der Waals surface area (Å²) in [5.41, 5.74) is 8.99. The van der Waals surface area contributed by atoms with Crippen molar-refractivity contribution in [2.45, 2.75) is 65.8 Å². The van der Waals surface area contributed by atoms with Gasteiger partial charge in [0.25, 0.3) is 0 Å². The highest BCUT2D eigenvalue weighted by Gasteiger charge is 2.40. The molecule has 1 fully saturated rings. The van der Waals surface area contributed by atoms with Gasteiger partial charge in [-0.25, -0.2) is 0 Å². The van der Waals surface area contributed by atoms with E-state index in [2.05, 4.69) is 45.3 Å². The molecule has 0 spiro atoms. The Balaban J connectivity index is 2.44. The van der Waals surface area contributed by atoms with Crippen LogP contribution in [0.1, 0.15) is 67.3 Å². The zero-order chi connectivity index (χ0) is 14.0. The largest absolute Gasteiger partial charge is 0.271 e. The second-order valence-electron chi connectivity index (χ2n) is 6.32. The van der Waals surface area contributed by atoms with Gasteiger partial charge >= 0.3 is 0 Å². The van der Waals surface area contributed by atoms with E-state index in [0.717, 1.165) is 0 Å². The monoisotopic (exact) mass is 260 g/mol. The van der Waals surface area contributed by atoms with Gasteiger partial charge in [-0.15, -0.1) is 0 Å². The number of rotatable bonds is 4. The second-order valence-corrected chi connectivity index (χ2v) is 6.32. The third-order valence-electron chi connectivity index (χ3n) is 5.28. The maximum atomic E-state index is 5.95. The quantitative estimate of drug-likeness (QED) is 0.632. The molecule has 1 aromatic rings. The summed E-state index contributed by atoms with van der Waals surface area (Å²) in [6.07, 6.45) is 6.48. The summed E-state index contributed by atoms with van der Waals surface area (Å²) < 4.78 is 0. The maximum Gasteiger partial charge on any atom is 0.0518 e. The minimum atomic E-state index is 0.291. The lowest BCUT2D eigenvalue weighted by atomic mass is 9.72. The van der Waals surface area contributed by atoms with Crippen molar-refractivity contribution < 1.29 is 0 Å². The lowest BCUT2D eigenvalue weighted by Gasteiger charge is -2.38. The van der Waals surface area contributed by atoms with E-state index in [1.807, 2.05) is 0 Å². The molecule has 1 atom stereocenters. The van der Waals surface area contributed by atoms with Crippen LogP contribution in [0.5, 0.6) is 0 Å². The van der Waals surface area contributed by atoms with E-state index >= 15 is 0 Å². The van der Waals surface area contributed by atoms with Crippen molar-refractivity contribution in [3.63, 3.8) is 0 Å². The van der Waals surface area contributed by atoms with Gasteiger partial charge in [0.15, 0.2) is 0 Å². The molecule has 1 unspecified atom stereocenters. The zero-order valence-corrected chi connectivity index (χ0v) is 12.8. The van der Waals surface area contributed by atoms with Crippen molar-refractivity contribution in [2.75, 3.05) is 0 Å². The first-order valence-electron chi connectivity index (χ1n) is 7.58. The summed E-state index contributed by atoms with van der Waals surface area (Å²) in [6.45, 7) is 8.90. The van der Waals surface area contributed by atoms with E-state index < -0.39 is 0 Å². The molecule has 2 nitrogen and oxygen atoms in total. The molecule has 0 bridgehead atoms. The molecule has 1 aliphatic rings. The third kappa shape index (κ3) is 2.56. The SMILES string of the molecule is CCC1(C(NN)c2cc(C)c(C)cc2C)CCCC1. The summed E-state index contributed by atoms with van der Waals surface area (Å²) in [5.74, 6) is 5.95. The van der Waals surface area contributed by atoms with Crippen LogP contribution in [0.4, 0.5) is 0 Å². The average molecular weight is 260 g/mol. The molecule has 1 aromatic carbocycles. The second kappa shape index (κ2) is 5.64. The fourth-order valence-electron chi connectivity index (χ4n) is 3.82. The van der Waals surface area contributed by atoms with Gasteiger partial charge in [0.1, 0.15) is 0 Å². The van der Waals surface area contributed by atoms with Gasteiger partial charge in [0, 0.05) is 0 Å². The summed E-state index contributed by atoms with van der Waals surface area (Å²) >= 11 is 0. The number of hydrogen-bond donors (Lipinski definition) is 2. The lowest BCUT2D eigenvalue weighted by molar-refractivity contribution is 0.187. The van der Waals surface area contributed by atoms with E-state index in [0.29, 0.717) is 11.5 Å². The van der Waals surface area contributed by atoms with E-state index in [9.17, 15) is 0 Å². The molecule has 106 valence electrons. The van der Waals surface area contributed by atoms with Gasteiger partial charge in [0.2, 0.25) is 0 Å².